The van der Waals surface area contributed by atoms with Crippen molar-refractivity contribution in [2.45, 2.75) is 38.5 Å². The fraction of sp³-hybridized carbons (Fsp3) is 0.500. The molecule has 2 aromatic rings. The van der Waals surface area contributed by atoms with Gasteiger partial charge in [-0.25, -0.2) is 0 Å². The highest BCUT2D eigenvalue weighted by atomic mass is 16.3. The zero-order chi connectivity index (χ0) is 14.8. The lowest BCUT2D eigenvalue weighted by molar-refractivity contribution is 0.112. The second-order valence-electron chi connectivity index (χ2n) is 5.89. The smallest absolute Gasteiger partial charge is 0.0711 e. The van der Waals surface area contributed by atoms with Gasteiger partial charge in [0.2, 0.25) is 0 Å². The molecule has 0 unspecified atom stereocenters. The molecule has 1 aliphatic rings. The van der Waals surface area contributed by atoms with Gasteiger partial charge in [-0.15, -0.1) is 0 Å². The highest BCUT2D eigenvalue weighted by Gasteiger charge is 2.33. The summed E-state index contributed by atoms with van der Waals surface area (Å²) in [6.45, 7) is 3.72. The molecule has 1 saturated heterocycles. The third kappa shape index (κ3) is 3.31. The Bertz CT molecular complexity index is 610. The molecule has 0 radical (unpaired) electrons. The minimum absolute atomic E-state index is 0.150. The number of pyridine rings is 1. The normalized spacial score (nSPS) is 22.8. The first-order chi connectivity index (χ1) is 10.1. The van der Waals surface area contributed by atoms with E-state index in [1.807, 2.05) is 43.2 Å². The van der Waals surface area contributed by atoms with Gasteiger partial charge in [-0.3, -0.25) is 14.6 Å². The van der Waals surface area contributed by atoms with Crippen molar-refractivity contribution in [3.05, 3.63) is 47.5 Å². The fourth-order valence-electron chi connectivity index (χ4n) is 3.08. The maximum atomic E-state index is 10.3. The van der Waals surface area contributed by atoms with Crippen LogP contribution in [0.4, 0.5) is 0 Å². The summed E-state index contributed by atoms with van der Waals surface area (Å²) in [4.78, 5) is 6.90. The third-order valence-electron chi connectivity index (χ3n) is 4.14. The van der Waals surface area contributed by atoms with Gasteiger partial charge in [0.25, 0.3) is 0 Å². The third-order valence-corrected chi connectivity index (χ3v) is 4.14. The van der Waals surface area contributed by atoms with Gasteiger partial charge in [0, 0.05) is 38.1 Å². The SMILES string of the molecule is Cc1cccc(CN2CC[C@@H](O)[C@@H]2Cc2cnn(C)c2)n1. The van der Waals surface area contributed by atoms with Crippen LogP contribution in [-0.4, -0.2) is 43.5 Å². The molecule has 1 fully saturated rings. The Kier molecular flexibility index (Phi) is 4.03. The second kappa shape index (κ2) is 5.95. The molecule has 3 rings (SSSR count). The summed E-state index contributed by atoms with van der Waals surface area (Å²) in [5.41, 5.74) is 3.28. The van der Waals surface area contributed by atoms with Gasteiger partial charge in [-0.05, 0) is 37.5 Å². The summed E-state index contributed by atoms with van der Waals surface area (Å²) in [6, 6.07) is 6.26. The number of hydrogen-bond donors (Lipinski definition) is 1. The quantitative estimate of drug-likeness (QED) is 0.920. The maximum Gasteiger partial charge on any atom is 0.0711 e. The van der Waals surface area contributed by atoms with E-state index in [0.29, 0.717) is 0 Å². The molecule has 112 valence electrons. The van der Waals surface area contributed by atoms with Gasteiger partial charge >= 0.3 is 0 Å². The minimum Gasteiger partial charge on any atom is -0.391 e. The molecule has 0 spiro atoms. The van der Waals surface area contributed by atoms with Gasteiger partial charge in [-0.2, -0.15) is 5.10 Å². The van der Waals surface area contributed by atoms with Crippen molar-refractivity contribution in [3.8, 4) is 0 Å². The maximum absolute atomic E-state index is 10.3. The van der Waals surface area contributed by atoms with Crippen molar-refractivity contribution >= 4 is 0 Å². The van der Waals surface area contributed by atoms with Gasteiger partial charge in [-0.1, -0.05) is 6.07 Å². The number of aliphatic hydroxyl groups excluding tert-OH is 1. The average Bonchev–Trinajstić information content (AvgIpc) is 3.00. The van der Waals surface area contributed by atoms with E-state index in [1.165, 1.54) is 5.56 Å². The average molecular weight is 286 g/mol. The molecular weight excluding hydrogens is 264 g/mol. The van der Waals surface area contributed by atoms with Gasteiger partial charge in [0.15, 0.2) is 0 Å². The zero-order valence-corrected chi connectivity index (χ0v) is 12.6. The molecule has 5 heteroatoms. The van der Waals surface area contributed by atoms with Gasteiger partial charge < -0.3 is 5.11 Å². The molecule has 1 aliphatic heterocycles. The molecule has 0 amide bonds. The highest BCUT2D eigenvalue weighted by molar-refractivity contribution is 5.12. The summed E-state index contributed by atoms with van der Waals surface area (Å²) >= 11 is 0. The van der Waals surface area contributed by atoms with Crippen molar-refractivity contribution in [1.82, 2.24) is 19.7 Å². The van der Waals surface area contributed by atoms with Crippen LogP contribution in [0.25, 0.3) is 0 Å². The van der Waals surface area contributed by atoms with E-state index in [4.69, 9.17) is 0 Å². The first-order valence-electron chi connectivity index (χ1n) is 7.44. The van der Waals surface area contributed by atoms with Crippen molar-refractivity contribution in [2.24, 2.45) is 7.05 Å². The van der Waals surface area contributed by atoms with Crippen molar-refractivity contribution in [2.75, 3.05) is 6.54 Å². The van der Waals surface area contributed by atoms with Crippen LogP contribution >= 0.6 is 0 Å². The molecule has 2 atom stereocenters. The van der Waals surface area contributed by atoms with Gasteiger partial charge in [0.1, 0.15) is 0 Å². The van der Waals surface area contributed by atoms with Crippen LogP contribution in [0.2, 0.25) is 0 Å². The van der Waals surface area contributed by atoms with E-state index in [0.717, 1.165) is 37.3 Å². The van der Waals surface area contributed by atoms with Crippen LogP contribution in [0.15, 0.2) is 30.6 Å². The Balaban J connectivity index is 1.71. The van der Waals surface area contributed by atoms with Crippen LogP contribution in [0.3, 0.4) is 0 Å². The lowest BCUT2D eigenvalue weighted by Gasteiger charge is -2.25. The van der Waals surface area contributed by atoms with E-state index in [1.54, 1.807) is 0 Å². The van der Waals surface area contributed by atoms with Crippen LogP contribution in [0.5, 0.6) is 0 Å². The number of aliphatic hydroxyl groups is 1. The van der Waals surface area contributed by atoms with E-state index >= 15 is 0 Å². The summed E-state index contributed by atoms with van der Waals surface area (Å²) < 4.78 is 1.81. The minimum atomic E-state index is -0.269. The monoisotopic (exact) mass is 286 g/mol. The second-order valence-corrected chi connectivity index (χ2v) is 5.89. The Morgan fingerprint density at radius 1 is 1.38 bits per heavy atom. The molecule has 1 N–H and O–H groups in total. The van der Waals surface area contributed by atoms with Crippen molar-refractivity contribution in [3.63, 3.8) is 0 Å². The fourth-order valence-corrected chi connectivity index (χ4v) is 3.08. The Morgan fingerprint density at radius 2 is 2.24 bits per heavy atom. The topological polar surface area (TPSA) is 54.2 Å². The molecule has 0 bridgehead atoms. The number of likely N-dealkylation sites (tertiary alicyclic amines) is 1. The first-order valence-corrected chi connectivity index (χ1v) is 7.44. The van der Waals surface area contributed by atoms with Crippen LogP contribution in [0.1, 0.15) is 23.4 Å². The zero-order valence-electron chi connectivity index (χ0n) is 12.6. The van der Waals surface area contributed by atoms with E-state index < -0.39 is 0 Å². The summed E-state index contributed by atoms with van der Waals surface area (Å²) in [6.07, 6.45) is 5.30. The number of aromatic nitrogens is 3. The molecular formula is C16H22N4O. The van der Waals surface area contributed by atoms with E-state index in [9.17, 15) is 5.11 Å². The lowest BCUT2D eigenvalue weighted by atomic mass is 10.0. The largest absolute Gasteiger partial charge is 0.391 e. The number of rotatable bonds is 4. The molecule has 0 aromatic carbocycles. The lowest BCUT2D eigenvalue weighted by Crippen LogP contribution is -2.36. The van der Waals surface area contributed by atoms with Crippen molar-refractivity contribution in [1.29, 1.82) is 0 Å². The Labute approximate surface area is 125 Å². The molecule has 5 nitrogen and oxygen atoms in total. The number of hydrogen-bond acceptors (Lipinski definition) is 4. The van der Waals surface area contributed by atoms with Gasteiger partial charge in [0.05, 0.1) is 18.0 Å². The molecule has 21 heavy (non-hydrogen) atoms. The molecule has 0 saturated carbocycles. The van der Waals surface area contributed by atoms with E-state index in [2.05, 4.69) is 21.0 Å². The predicted octanol–water partition coefficient (Wildman–Crippen LogP) is 1.30. The highest BCUT2D eigenvalue weighted by Crippen LogP contribution is 2.23. The number of nitrogens with zero attached hydrogens (tertiary/aromatic N) is 4. The predicted molar refractivity (Wildman–Crippen MR) is 80.7 cm³/mol. The molecule has 2 aromatic heterocycles. The van der Waals surface area contributed by atoms with E-state index in [-0.39, 0.29) is 12.1 Å². The standard InChI is InChI=1S/C16H22N4O/c1-12-4-3-5-14(18-12)11-20-7-6-16(21)15(20)8-13-9-17-19(2)10-13/h3-5,9-10,15-16,21H,6-8,11H2,1-2H3/t15-,16+/m0/s1. The Morgan fingerprint density at radius 3 is 2.95 bits per heavy atom. The first kappa shape index (κ1) is 14.2. The van der Waals surface area contributed by atoms with Crippen molar-refractivity contribution < 1.29 is 5.11 Å². The molecule has 0 aliphatic carbocycles. The summed E-state index contributed by atoms with van der Waals surface area (Å²) in [7, 11) is 1.92. The van der Waals surface area contributed by atoms with Crippen LogP contribution in [-0.2, 0) is 20.0 Å². The van der Waals surface area contributed by atoms with Crippen LogP contribution in [0, 0.1) is 6.92 Å². The number of aryl methyl sites for hydroxylation is 2. The molecule has 3 heterocycles. The van der Waals surface area contributed by atoms with Crippen LogP contribution < -0.4 is 0 Å². The summed E-state index contributed by atoms with van der Waals surface area (Å²) in [5.74, 6) is 0. The Hall–Kier alpha value is -1.72. The summed E-state index contributed by atoms with van der Waals surface area (Å²) in [5, 5.41) is 14.5.